The lowest BCUT2D eigenvalue weighted by molar-refractivity contribution is -0.118. The number of hydrogen-bond acceptors (Lipinski definition) is 4. The van der Waals surface area contributed by atoms with Crippen molar-refractivity contribution in [3.8, 4) is 0 Å². The van der Waals surface area contributed by atoms with Gasteiger partial charge in [0.25, 0.3) is 5.92 Å². The van der Waals surface area contributed by atoms with Crippen LogP contribution >= 0.6 is 11.6 Å². The minimum Gasteiger partial charge on any atom is -0.393 e. The van der Waals surface area contributed by atoms with Crippen LogP contribution in [0.4, 0.5) is 8.78 Å². The van der Waals surface area contributed by atoms with Crippen LogP contribution in [0, 0.1) is 5.92 Å². The molecule has 3 N–H and O–H groups in total. The van der Waals surface area contributed by atoms with Crippen LogP contribution in [0.25, 0.3) is 0 Å². The fraction of sp³-hybridized carbons (Fsp3) is 0.364. The maximum absolute atomic E-state index is 13.4. The Balaban J connectivity index is 2.12. The summed E-state index contributed by atoms with van der Waals surface area (Å²) in [5.41, 5.74) is 7.50. The number of aliphatic hydroxyl groups excluding tert-OH is 1. The van der Waals surface area contributed by atoms with E-state index in [4.69, 9.17) is 27.3 Å². The van der Waals surface area contributed by atoms with E-state index < -0.39 is 11.8 Å². The Morgan fingerprint density at radius 2 is 1.77 bits per heavy atom. The minimum atomic E-state index is -2.93. The summed E-state index contributed by atoms with van der Waals surface area (Å²) in [6.45, 7) is 0.597. The molecule has 2 aromatic rings. The molecule has 2 aromatic carbocycles. The summed E-state index contributed by atoms with van der Waals surface area (Å²) in [7, 11) is 0. The first-order valence-electron chi connectivity index (χ1n) is 9.48. The SMILES string of the molecule is CC(F)(F)c1ccc(CC(CC(=O)Cc2ccc(Cl)cc2)/C(N)=N/OCCO)cc1. The molecule has 0 bridgehead atoms. The lowest BCUT2D eigenvalue weighted by Crippen LogP contribution is -2.29. The number of hydrogen-bond donors (Lipinski definition) is 2. The van der Waals surface area contributed by atoms with E-state index in [9.17, 15) is 13.6 Å². The summed E-state index contributed by atoms with van der Waals surface area (Å²) in [5, 5.41) is 13.2. The quantitative estimate of drug-likeness (QED) is 0.239. The van der Waals surface area contributed by atoms with Gasteiger partial charge in [-0.05, 0) is 29.7 Å². The van der Waals surface area contributed by atoms with E-state index in [-0.39, 0.29) is 43.2 Å². The molecule has 0 aromatic heterocycles. The van der Waals surface area contributed by atoms with Crippen LogP contribution in [0.1, 0.15) is 30.0 Å². The van der Waals surface area contributed by atoms with Gasteiger partial charge in [-0.15, -0.1) is 0 Å². The second-order valence-electron chi connectivity index (χ2n) is 7.11. The highest BCUT2D eigenvalue weighted by atomic mass is 35.5. The summed E-state index contributed by atoms with van der Waals surface area (Å²) in [4.78, 5) is 17.5. The fourth-order valence-electron chi connectivity index (χ4n) is 2.91. The molecule has 0 fully saturated rings. The van der Waals surface area contributed by atoms with Crippen molar-refractivity contribution < 1.29 is 23.5 Å². The molecule has 162 valence electrons. The Bertz CT molecular complexity index is 850. The number of Topliss-reactive ketones (excluding diaryl/α,β-unsaturated/α-hetero) is 1. The van der Waals surface area contributed by atoms with Crippen molar-refractivity contribution in [2.24, 2.45) is 16.8 Å². The smallest absolute Gasteiger partial charge is 0.270 e. The normalized spacial score (nSPS) is 13.2. The van der Waals surface area contributed by atoms with Crippen molar-refractivity contribution in [3.63, 3.8) is 0 Å². The van der Waals surface area contributed by atoms with Crippen molar-refractivity contribution in [1.29, 1.82) is 0 Å². The Morgan fingerprint density at radius 1 is 1.17 bits per heavy atom. The van der Waals surface area contributed by atoms with Gasteiger partial charge in [-0.3, -0.25) is 4.79 Å². The molecular weight excluding hydrogens is 414 g/mol. The van der Waals surface area contributed by atoms with Crippen molar-refractivity contribution in [2.45, 2.75) is 32.1 Å². The first kappa shape index (κ1) is 23.8. The van der Waals surface area contributed by atoms with Gasteiger partial charge < -0.3 is 15.7 Å². The highest BCUT2D eigenvalue weighted by Crippen LogP contribution is 2.27. The lowest BCUT2D eigenvalue weighted by atomic mass is 9.91. The number of ketones is 1. The molecule has 0 aliphatic rings. The number of oxime groups is 1. The van der Waals surface area contributed by atoms with Gasteiger partial charge in [0.15, 0.2) is 0 Å². The molecule has 0 aliphatic heterocycles. The molecule has 1 unspecified atom stereocenters. The zero-order chi connectivity index (χ0) is 22.1. The molecular formula is C22H25ClF2N2O3. The number of amidine groups is 1. The number of halogens is 3. The second kappa shape index (κ2) is 11.0. The molecule has 0 amide bonds. The predicted octanol–water partition coefficient (Wildman–Crippen LogP) is 4.09. The zero-order valence-electron chi connectivity index (χ0n) is 16.7. The van der Waals surface area contributed by atoms with Crippen LogP contribution in [-0.2, 0) is 28.4 Å². The highest BCUT2D eigenvalue weighted by Gasteiger charge is 2.24. The second-order valence-corrected chi connectivity index (χ2v) is 7.54. The van der Waals surface area contributed by atoms with Crippen molar-refractivity contribution in [3.05, 3.63) is 70.2 Å². The largest absolute Gasteiger partial charge is 0.393 e. The van der Waals surface area contributed by atoms with Crippen LogP contribution in [-0.4, -0.2) is 29.9 Å². The topological polar surface area (TPSA) is 84.9 Å². The zero-order valence-corrected chi connectivity index (χ0v) is 17.4. The van der Waals surface area contributed by atoms with Gasteiger partial charge in [-0.1, -0.05) is 53.2 Å². The number of carbonyl (C=O) groups excluding carboxylic acids is 1. The van der Waals surface area contributed by atoms with Gasteiger partial charge in [-0.25, -0.2) is 8.78 Å². The summed E-state index contributed by atoms with van der Waals surface area (Å²) < 4.78 is 26.8. The average Bonchev–Trinajstić information content (AvgIpc) is 2.69. The van der Waals surface area contributed by atoms with Crippen LogP contribution in [0.3, 0.4) is 0 Å². The molecule has 30 heavy (non-hydrogen) atoms. The van der Waals surface area contributed by atoms with Crippen LogP contribution in [0.2, 0.25) is 5.02 Å². The molecule has 0 heterocycles. The van der Waals surface area contributed by atoms with Crippen LogP contribution < -0.4 is 5.73 Å². The fourth-order valence-corrected chi connectivity index (χ4v) is 3.04. The predicted molar refractivity (Wildman–Crippen MR) is 113 cm³/mol. The van der Waals surface area contributed by atoms with E-state index in [1.165, 1.54) is 12.1 Å². The lowest BCUT2D eigenvalue weighted by Gasteiger charge is -2.17. The maximum Gasteiger partial charge on any atom is 0.270 e. The van der Waals surface area contributed by atoms with Gasteiger partial charge in [0.2, 0.25) is 0 Å². The Labute approximate surface area is 179 Å². The first-order valence-corrected chi connectivity index (χ1v) is 9.86. The summed E-state index contributed by atoms with van der Waals surface area (Å²) >= 11 is 5.87. The summed E-state index contributed by atoms with van der Waals surface area (Å²) in [5.74, 6) is -3.35. The molecule has 5 nitrogen and oxygen atoms in total. The van der Waals surface area contributed by atoms with Gasteiger partial charge in [0, 0.05) is 36.3 Å². The monoisotopic (exact) mass is 438 g/mol. The van der Waals surface area contributed by atoms with E-state index in [1.54, 1.807) is 36.4 Å². The van der Waals surface area contributed by atoms with Crippen LogP contribution in [0.5, 0.6) is 0 Å². The number of rotatable bonds is 11. The van der Waals surface area contributed by atoms with Crippen molar-refractivity contribution >= 4 is 23.2 Å². The first-order chi connectivity index (χ1) is 14.2. The van der Waals surface area contributed by atoms with Gasteiger partial charge in [0.05, 0.1) is 6.61 Å². The van der Waals surface area contributed by atoms with Crippen molar-refractivity contribution in [2.75, 3.05) is 13.2 Å². The Hall–Kier alpha value is -2.51. The van der Waals surface area contributed by atoms with E-state index in [0.717, 1.165) is 18.1 Å². The van der Waals surface area contributed by atoms with E-state index >= 15 is 0 Å². The maximum atomic E-state index is 13.4. The standard InChI is InChI=1S/C22H25ClF2N2O3/c1-22(24,25)18-6-2-15(3-7-18)12-17(21(26)27-30-11-10-28)14-20(29)13-16-4-8-19(23)9-5-16/h2-9,17,28H,10-14H2,1H3,(H2,26,27). The van der Waals surface area contributed by atoms with E-state index in [0.29, 0.717) is 11.4 Å². The summed E-state index contributed by atoms with van der Waals surface area (Å²) in [6, 6.07) is 12.9. The van der Waals surface area contributed by atoms with E-state index in [1.807, 2.05) is 0 Å². The third-order valence-corrected chi connectivity index (χ3v) is 4.75. The molecule has 0 spiro atoms. The number of carbonyl (C=O) groups is 1. The minimum absolute atomic E-state index is 0.0214. The molecule has 0 aliphatic carbocycles. The molecule has 0 saturated heterocycles. The van der Waals surface area contributed by atoms with Gasteiger partial charge in [-0.2, -0.15) is 0 Å². The molecule has 1 atom stereocenters. The highest BCUT2D eigenvalue weighted by molar-refractivity contribution is 6.30. The van der Waals surface area contributed by atoms with Gasteiger partial charge in [0.1, 0.15) is 18.2 Å². The van der Waals surface area contributed by atoms with Crippen LogP contribution in [0.15, 0.2) is 53.7 Å². The van der Waals surface area contributed by atoms with Gasteiger partial charge >= 0.3 is 0 Å². The number of aliphatic hydroxyl groups is 1. The summed E-state index contributed by atoms with van der Waals surface area (Å²) in [6.07, 6.45) is 0.644. The number of nitrogens with two attached hydrogens (primary N) is 1. The Morgan fingerprint density at radius 3 is 2.33 bits per heavy atom. The molecule has 0 radical (unpaired) electrons. The molecule has 8 heteroatoms. The third kappa shape index (κ3) is 7.72. The molecule has 2 rings (SSSR count). The van der Waals surface area contributed by atoms with E-state index in [2.05, 4.69) is 5.16 Å². The third-order valence-electron chi connectivity index (χ3n) is 4.50. The molecule has 0 saturated carbocycles. The number of alkyl halides is 2. The average molecular weight is 439 g/mol. The number of nitrogens with zero attached hydrogens (tertiary/aromatic N) is 1. The Kier molecular flexibility index (Phi) is 8.74. The van der Waals surface area contributed by atoms with Crippen molar-refractivity contribution in [1.82, 2.24) is 0 Å². The number of benzene rings is 2.